The third kappa shape index (κ3) is 2.44. The molecule has 0 saturated heterocycles. The van der Waals surface area contributed by atoms with Gasteiger partial charge in [0.15, 0.2) is 0 Å². The Labute approximate surface area is 83.2 Å². The molecule has 0 atom stereocenters. The predicted octanol–water partition coefficient (Wildman–Crippen LogP) is 2.28. The monoisotopic (exact) mass is 198 g/mol. The molecular formula is C10H16NOS+. The van der Waals surface area contributed by atoms with Crippen molar-refractivity contribution >= 4 is 11.3 Å². The molecule has 1 saturated carbocycles. The quantitative estimate of drug-likeness (QED) is 0.664. The highest BCUT2D eigenvalue weighted by molar-refractivity contribution is 7.11. The lowest BCUT2D eigenvalue weighted by Crippen LogP contribution is -2.23. The van der Waals surface area contributed by atoms with E-state index in [9.17, 15) is 0 Å². The average molecular weight is 198 g/mol. The van der Waals surface area contributed by atoms with Gasteiger partial charge in [0.2, 0.25) is 16.8 Å². The first-order valence-electron chi connectivity index (χ1n) is 4.95. The Balaban J connectivity index is 1.89. The molecule has 0 spiro atoms. The van der Waals surface area contributed by atoms with E-state index < -0.39 is 0 Å². The molecule has 1 aromatic heterocycles. The zero-order chi connectivity index (χ0) is 9.10. The summed E-state index contributed by atoms with van der Waals surface area (Å²) in [5.74, 6) is 0. The molecule has 2 nitrogen and oxygen atoms in total. The minimum absolute atomic E-state index is 0.479. The third-order valence-electron chi connectivity index (χ3n) is 2.48. The molecule has 1 fully saturated rings. The summed E-state index contributed by atoms with van der Waals surface area (Å²) in [6, 6.07) is 0. The highest BCUT2D eigenvalue weighted by Gasteiger charge is 2.16. The molecule has 0 amide bonds. The number of aromatic nitrogens is 1. The molecule has 1 aromatic rings. The zero-order valence-electron chi connectivity index (χ0n) is 8.03. The molecule has 0 aliphatic heterocycles. The Morgan fingerprint density at radius 3 is 2.77 bits per heavy atom. The summed E-state index contributed by atoms with van der Waals surface area (Å²) in [5.41, 5.74) is 2.07. The Morgan fingerprint density at radius 1 is 1.38 bits per heavy atom. The second-order valence-corrected chi connectivity index (χ2v) is 4.56. The van der Waals surface area contributed by atoms with Crippen molar-refractivity contribution in [2.45, 2.75) is 38.2 Å². The summed E-state index contributed by atoms with van der Waals surface area (Å²) in [6.07, 6.45) is 9.07. The number of ether oxygens (including phenoxy) is 1. The summed E-state index contributed by atoms with van der Waals surface area (Å²) in [7, 11) is 2.03. The van der Waals surface area contributed by atoms with Gasteiger partial charge in [-0.3, -0.25) is 0 Å². The highest BCUT2D eigenvalue weighted by Crippen LogP contribution is 2.24. The molecule has 2 rings (SSSR count). The predicted molar refractivity (Wildman–Crippen MR) is 53.0 cm³/mol. The lowest BCUT2D eigenvalue weighted by atomic mass is 9.98. The van der Waals surface area contributed by atoms with Gasteiger partial charge >= 0.3 is 0 Å². The van der Waals surface area contributed by atoms with Crippen molar-refractivity contribution < 1.29 is 9.30 Å². The Bertz CT molecular complexity index is 266. The van der Waals surface area contributed by atoms with E-state index in [2.05, 4.69) is 11.7 Å². The summed E-state index contributed by atoms with van der Waals surface area (Å²) in [4.78, 5) is 0. The van der Waals surface area contributed by atoms with E-state index in [0.717, 1.165) is 5.06 Å². The minimum atomic E-state index is 0.479. The van der Waals surface area contributed by atoms with Gasteiger partial charge in [-0.25, -0.2) is 0 Å². The fraction of sp³-hybridized carbons (Fsp3) is 0.700. The molecule has 1 aliphatic carbocycles. The Hall–Kier alpha value is -0.570. The first kappa shape index (κ1) is 9.00. The average Bonchev–Trinajstić information content (AvgIpc) is 2.53. The normalized spacial score (nSPS) is 18.8. The van der Waals surface area contributed by atoms with E-state index in [1.807, 2.05) is 11.6 Å². The third-order valence-corrected chi connectivity index (χ3v) is 3.35. The van der Waals surface area contributed by atoms with Crippen LogP contribution in [-0.2, 0) is 7.05 Å². The lowest BCUT2D eigenvalue weighted by molar-refractivity contribution is -0.666. The minimum Gasteiger partial charge on any atom is -0.476 e. The van der Waals surface area contributed by atoms with E-state index in [4.69, 9.17) is 4.74 Å². The van der Waals surface area contributed by atoms with Gasteiger partial charge in [-0.05, 0) is 37.0 Å². The molecule has 0 aromatic carbocycles. The lowest BCUT2D eigenvalue weighted by Gasteiger charge is -2.20. The molecular weight excluding hydrogens is 182 g/mol. The van der Waals surface area contributed by atoms with Gasteiger partial charge in [0, 0.05) is 0 Å². The SMILES string of the molecule is C[n+]1csc(OC2CCCCC2)c1. The summed E-state index contributed by atoms with van der Waals surface area (Å²) < 4.78 is 7.92. The molecule has 13 heavy (non-hydrogen) atoms. The summed E-state index contributed by atoms with van der Waals surface area (Å²) >= 11 is 1.68. The maximum absolute atomic E-state index is 5.87. The highest BCUT2D eigenvalue weighted by atomic mass is 32.1. The van der Waals surface area contributed by atoms with Crippen LogP contribution in [0.5, 0.6) is 5.06 Å². The number of thiazole rings is 1. The van der Waals surface area contributed by atoms with Crippen LogP contribution in [0.25, 0.3) is 0 Å². The van der Waals surface area contributed by atoms with E-state index in [1.54, 1.807) is 11.3 Å². The van der Waals surface area contributed by atoms with Gasteiger partial charge in [0.05, 0.1) is 6.10 Å². The van der Waals surface area contributed by atoms with Crippen LogP contribution in [-0.4, -0.2) is 6.10 Å². The molecule has 3 heteroatoms. The molecule has 0 radical (unpaired) electrons. The van der Waals surface area contributed by atoms with Gasteiger partial charge in [0.25, 0.3) is 0 Å². The van der Waals surface area contributed by atoms with E-state index in [1.165, 1.54) is 32.1 Å². The topological polar surface area (TPSA) is 13.1 Å². The van der Waals surface area contributed by atoms with Crippen LogP contribution in [0, 0.1) is 0 Å². The fourth-order valence-corrected chi connectivity index (χ4v) is 2.52. The summed E-state index contributed by atoms with van der Waals surface area (Å²) in [6.45, 7) is 0. The maximum Gasteiger partial charge on any atom is 0.245 e. The van der Waals surface area contributed by atoms with Crippen LogP contribution in [0.15, 0.2) is 11.7 Å². The number of hydrogen-bond acceptors (Lipinski definition) is 2. The van der Waals surface area contributed by atoms with E-state index in [0.29, 0.717) is 6.10 Å². The van der Waals surface area contributed by atoms with Crippen molar-refractivity contribution in [3.63, 3.8) is 0 Å². The van der Waals surface area contributed by atoms with Gasteiger partial charge in [-0.2, -0.15) is 4.57 Å². The molecule has 1 heterocycles. The number of aryl methyl sites for hydroxylation is 1. The van der Waals surface area contributed by atoms with Crippen molar-refractivity contribution in [2.75, 3.05) is 0 Å². The molecule has 0 N–H and O–H groups in total. The first-order valence-corrected chi connectivity index (χ1v) is 5.83. The van der Waals surface area contributed by atoms with Crippen molar-refractivity contribution in [2.24, 2.45) is 7.05 Å². The van der Waals surface area contributed by atoms with Crippen LogP contribution in [0.2, 0.25) is 0 Å². The number of rotatable bonds is 2. The van der Waals surface area contributed by atoms with Crippen molar-refractivity contribution in [1.29, 1.82) is 0 Å². The van der Waals surface area contributed by atoms with Gasteiger partial charge in [-0.15, -0.1) is 0 Å². The second kappa shape index (κ2) is 4.09. The summed E-state index contributed by atoms with van der Waals surface area (Å²) in [5, 5.41) is 1.06. The molecule has 1 aliphatic rings. The van der Waals surface area contributed by atoms with Crippen LogP contribution in [0.4, 0.5) is 0 Å². The fourth-order valence-electron chi connectivity index (χ4n) is 1.77. The van der Waals surface area contributed by atoms with Crippen molar-refractivity contribution in [3.05, 3.63) is 11.7 Å². The first-order chi connectivity index (χ1) is 6.34. The zero-order valence-corrected chi connectivity index (χ0v) is 8.85. The number of nitrogens with zero attached hydrogens (tertiary/aromatic N) is 1. The molecule has 72 valence electrons. The van der Waals surface area contributed by atoms with Crippen molar-refractivity contribution in [1.82, 2.24) is 0 Å². The molecule has 0 unspecified atom stereocenters. The van der Waals surface area contributed by atoms with Crippen LogP contribution in [0.3, 0.4) is 0 Å². The van der Waals surface area contributed by atoms with Gasteiger partial charge in [0.1, 0.15) is 7.05 Å². The van der Waals surface area contributed by atoms with Gasteiger partial charge in [-0.1, -0.05) is 6.42 Å². The largest absolute Gasteiger partial charge is 0.476 e. The van der Waals surface area contributed by atoms with Gasteiger partial charge < -0.3 is 4.74 Å². The second-order valence-electron chi connectivity index (χ2n) is 3.71. The van der Waals surface area contributed by atoms with E-state index >= 15 is 0 Å². The van der Waals surface area contributed by atoms with Crippen LogP contribution in [0.1, 0.15) is 32.1 Å². The van der Waals surface area contributed by atoms with E-state index in [-0.39, 0.29) is 0 Å². The standard InChI is InChI=1S/C10H16NOS/c1-11-7-10(13-8-11)12-9-5-3-2-4-6-9/h7-9H,2-6H2,1H3/q+1. The number of hydrogen-bond donors (Lipinski definition) is 0. The maximum atomic E-state index is 5.87. The molecule has 0 bridgehead atoms. The van der Waals surface area contributed by atoms with Crippen molar-refractivity contribution in [3.8, 4) is 5.06 Å². The Kier molecular flexibility index (Phi) is 2.83. The smallest absolute Gasteiger partial charge is 0.245 e. The van der Waals surface area contributed by atoms with Crippen LogP contribution < -0.4 is 9.30 Å². The Morgan fingerprint density at radius 2 is 2.15 bits per heavy atom. The van der Waals surface area contributed by atoms with Crippen LogP contribution >= 0.6 is 11.3 Å².